The lowest BCUT2D eigenvalue weighted by atomic mass is 10.0. The minimum atomic E-state index is -4.48. The third kappa shape index (κ3) is 3.01. The van der Waals surface area contributed by atoms with Crippen LogP contribution >= 0.6 is 0 Å². The largest absolute Gasteiger partial charge is 0.418 e. The number of likely N-dealkylation sites (tertiary alicyclic amines) is 1. The predicted octanol–water partition coefficient (Wildman–Crippen LogP) is 1.59. The zero-order valence-corrected chi connectivity index (χ0v) is 16.1. The second-order valence-corrected chi connectivity index (χ2v) is 8.65. The van der Waals surface area contributed by atoms with Crippen LogP contribution in [-0.4, -0.2) is 48.6 Å². The van der Waals surface area contributed by atoms with Crippen LogP contribution < -0.4 is 21.1 Å². The van der Waals surface area contributed by atoms with Crippen LogP contribution in [0.1, 0.15) is 36.3 Å². The molecule has 2 unspecified atom stereocenters. The van der Waals surface area contributed by atoms with E-state index < -0.39 is 17.9 Å². The van der Waals surface area contributed by atoms with Gasteiger partial charge >= 0.3 is 6.18 Å². The van der Waals surface area contributed by atoms with Crippen LogP contribution in [0.4, 0.5) is 18.9 Å². The van der Waals surface area contributed by atoms with Gasteiger partial charge in [-0.1, -0.05) is 6.07 Å². The van der Waals surface area contributed by atoms with Gasteiger partial charge in [-0.05, 0) is 42.9 Å². The number of hydrogen-bond acceptors (Lipinski definition) is 6. The Labute approximate surface area is 171 Å². The second-order valence-electron chi connectivity index (χ2n) is 8.65. The molecule has 4 fully saturated rings. The van der Waals surface area contributed by atoms with E-state index in [0.29, 0.717) is 12.2 Å². The average Bonchev–Trinajstić information content (AvgIpc) is 3.13. The molecule has 5 aliphatic rings. The van der Waals surface area contributed by atoms with Crippen LogP contribution in [0.5, 0.6) is 0 Å². The fraction of sp³-hybridized carbons (Fsp3) is 0.550. The lowest BCUT2D eigenvalue weighted by Gasteiger charge is -2.40. The number of ether oxygens (including phenoxy) is 1. The topological polar surface area (TPSA) is 68.9 Å². The molecule has 3 saturated heterocycles. The summed E-state index contributed by atoms with van der Waals surface area (Å²) in [6.07, 6.45) is -1.01. The van der Waals surface area contributed by atoms with Crippen molar-refractivity contribution in [3.63, 3.8) is 0 Å². The molecule has 7 nitrogen and oxygen atoms in total. The van der Waals surface area contributed by atoms with Crippen LogP contribution in [-0.2, 0) is 15.7 Å². The van der Waals surface area contributed by atoms with Crippen LogP contribution in [0.25, 0.3) is 0 Å². The lowest BCUT2D eigenvalue weighted by Crippen LogP contribution is -2.68. The predicted molar refractivity (Wildman–Crippen MR) is 101 cm³/mol. The molecule has 1 aromatic carbocycles. The number of alkyl halides is 3. The Morgan fingerprint density at radius 3 is 2.70 bits per heavy atom. The first kappa shape index (κ1) is 18.6. The minimum absolute atomic E-state index is 0.00594. The van der Waals surface area contributed by atoms with Crippen molar-refractivity contribution in [3.8, 4) is 0 Å². The van der Waals surface area contributed by atoms with E-state index in [1.807, 2.05) is 0 Å². The SMILES string of the molecule is O=C1NC(N2C[C@@H]3C[C@H]2CO3)NC2NN(c3ccc(C4CC4)cc3C(F)(F)F)C=C12. The number of hydrogen-bond donors (Lipinski definition) is 3. The van der Waals surface area contributed by atoms with Crippen LogP contribution in [0.2, 0.25) is 0 Å². The summed E-state index contributed by atoms with van der Waals surface area (Å²) in [5.74, 6) is -0.0637. The Hall–Kier alpha value is -2.14. The van der Waals surface area contributed by atoms with Gasteiger partial charge in [0, 0.05) is 18.8 Å². The summed E-state index contributed by atoms with van der Waals surface area (Å²) in [6.45, 7) is 1.35. The highest BCUT2D eigenvalue weighted by molar-refractivity contribution is 5.96. The van der Waals surface area contributed by atoms with Gasteiger partial charge in [0.15, 0.2) is 0 Å². The van der Waals surface area contributed by atoms with Crippen molar-refractivity contribution in [2.24, 2.45) is 0 Å². The normalized spacial score (nSPS) is 33.6. The van der Waals surface area contributed by atoms with E-state index in [0.717, 1.165) is 31.4 Å². The first-order chi connectivity index (χ1) is 14.4. The number of nitrogens with one attached hydrogen (secondary N) is 3. The van der Waals surface area contributed by atoms with Gasteiger partial charge in [-0.15, -0.1) is 0 Å². The second kappa shape index (κ2) is 6.43. The Balaban J connectivity index is 1.26. The first-order valence-corrected chi connectivity index (χ1v) is 10.3. The zero-order chi connectivity index (χ0) is 20.6. The molecular formula is C20H22F3N5O2. The van der Waals surface area contributed by atoms with E-state index in [1.165, 1.54) is 23.3 Å². The van der Waals surface area contributed by atoms with Crippen molar-refractivity contribution >= 4 is 11.6 Å². The van der Waals surface area contributed by atoms with Crippen molar-refractivity contribution in [1.82, 2.24) is 21.0 Å². The van der Waals surface area contributed by atoms with Gasteiger partial charge in [0.25, 0.3) is 5.91 Å². The van der Waals surface area contributed by atoms with Gasteiger partial charge in [0.05, 0.1) is 29.5 Å². The van der Waals surface area contributed by atoms with Gasteiger partial charge in [-0.2, -0.15) is 13.2 Å². The Kier molecular flexibility index (Phi) is 3.99. The molecule has 4 heterocycles. The molecule has 1 aromatic rings. The van der Waals surface area contributed by atoms with Gasteiger partial charge in [0.2, 0.25) is 0 Å². The number of carbonyl (C=O) groups excluding carboxylic acids is 1. The molecule has 1 amide bonds. The summed E-state index contributed by atoms with van der Waals surface area (Å²) in [5.41, 5.74) is 3.41. The number of halogens is 3. The highest BCUT2D eigenvalue weighted by atomic mass is 19.4. The van der Waals surface area contributed by atoms with E-state index in [-0.39, 0.29) is 35.9 Å². The number of morpholine rings is 1. The monoisotopic (exact) mass is 421 g/mol. The van der Waals surface area contributed by atoms with Gasteiger partial charge in [0.1, 0.15) is 12.5 Å². The Morgan fingerprint density at radius 2 is 2.03 bits per heavy atom. The molecule has 1 saturated carbocycles. The Bertz CT molecular complexity index is 932. The first-order valence-electron chi connectivity index (χ1n) is 10.3. The van der Waals surface area contributed by atoms with Crippen LogP contribution in [0.15, 0.2) is 30.0 Å². The molecule has 160 valence electrons. The van der Waals surface area contributed by atoms with E-state index in [4.69, 9.17) is 4.74 Å². The molecule has 2 bridgehead atoms. The highest BCUT2D eigenvalue weighted by Gasteiger charge is 2.47. The number of fused-ring (bicyclic) bond motifs is 3. The molecule has 6 rings (SSSR count). The Morgan fingerprint density at radius 1 is 1.20 bits per heavy atom. The number of rotatable bonds is 3. The number of nitrogens with zero attached hydrogens (tertiary/aromatic N) is 2. The van der Waals surface area contributed by atoms with Gasteiger partial charge in [-0.25, -0.2) is 5.43 Å². The van der Waals surface area contributed by atoms with Gasteiger partial charge < -0.3 is 10.1 Å². The van der Waals surface area contributed by atoms with Crippen molar-refractivity contribution in [1.29, 1.82) is 0 Å². The number of carbonyl (C=O) groups is 1. The average molecular weight is 421 g/mol. The molecule has 4 aliphatic heterocycles. The number of anilines is 1. The fourth-order valence-electron chi connectivity index (χ4n) is 4.91. The van der Waals surface area contributed by atoms with Crippen molar-refractivity contribution in [2.45, 2.75) is 56.0 Å². The van der Waals surface area contributed by atoms with E-state index in [9.17, 15) is 18.0 Å². The zero-order valence-electron chi connectivity index (χ0n) is 16.1. The van der Waals surface area contributed by atoms with Crippen molar-refractivity contribution in [3.05, 3.63) is 41.1 Å². The molecule has 1 aliphatic carbocycles. The highest BCUT2D eigenvalue weighted by Crippen LogP contribution is 2.45. The maximum atomic E-state index is 13.8. The molecular weight excluding hydrogens is 399 g/mol. The van der Waals surface area contributed by atoms with E-state index in [1.54, 1.807) is 6.07 Å². The molecule has 30 heavy (non-hydrogen) atoms. The van der Waals surface area contributed by atoms with Crippen molar-refractivity contribution < 1.29 is 22.7 Å². The standard InChI is InChI=1S/C20H22F3N5O2/c21-20(22,23)15-5-11(10-1-2-10)3-4-16(15)28-8-14-17(26-28)24-19(25-18(14)29)27-7-13-6-12(27)9-30-13/h3-5,8,10,12-13,17,19,24,26H,1-2,6-7,9H2,(H,25,29)/t12-,13-,17?,19?/m0/s1. The maximum Gasteiger partial charge on any atom is 0.418 e. The molecule has 3 N–H and O–H groups in total. The van der Waals surface area contributed by atoms with Gasteiger partial charge in [-0.3, -0.25) is 20.0 Å². The maximum absolute atomic E-state index is 13.8. The van der Waals surface area contributed by atoms with Crippen LogP contribution in [0, 0.1) is 0 Å². The summed E-state index contributed by atoms with van der Waals surface area (Å²) in [4.78, 5) is 14.8. The number of hydrazine groups is 1. The number of benzene rings is 1. The summed E-state index contributed by atoms with van der Waals surface area (Å²) >= 11 is 0. The summed E-state index contributed by atoms with van der Waals surface area (Å²) in [7, 11) is 0. The third-order valence-electron chi connectivity index (χ3n) is 6.61. The molecule has 0 aromatic heterocycles. The molecule has 0 spiro atoms. The summed E-state index contributed by atoms with van der Waals surface area (Å²) < 4.78 is 46.9. The molecule has 0 radical (unpaired) electrons. The van der Waals surface area contributed by atoms with E-state index in [2.05, 4.69) is 21.0 Å². The van der Waals surface area contributed by atoms with E-state index >= 15 is 0 Å². The smallest absolute Gasteiger partial charge is 0.375 e. The minimum Gasteiger partial charge on any atom is -0.375 e. The molecule has 10 heteroatoms. The van der Waals surface area contributed by atoms with Crippen LogP contribution in [0.3, 0.4) is 0 Å². The molecule has 4 atom stereocenters. The number of amides is 1. The van der Waals surface area contributed by atoms with Crippen molar-refractivity contribution in [2.75, 3.05) is 18.2 Å². The summed E-state index contributed by atoms with van der Waals surface area (Å²) in [5, 5.41) is 7.55. The fourth-order valence-corrected chi connectivity index (χ4v) is 4.91. The lowest BCUT2D eigenvalue weighted by molar-refractivity contribution is -0.137. The summed E-state index contributed by atoms with van der Waals surface area (Å²) in [6, 6.07) is 4.72. The third-order valence-corrected chi connectivity index (χ3v) is 6.61. The quantitative estimate of drug-likeness (QED) is 0.689.